The molecule has 0 aromatic rings. The van der Waals surface area contributed by atoms with E-state index >= 15 is 0 Å². The number of hydrogen-bond acceptors (Lipinski definition) is 4. The van der Waals surface area contributed by atoms with Crippen molar-refractivity contribution in [3.05, 3.63) is 0 Å². The molecule has 7 nitrogen and oxygen atoms in total. The summed E-state index contributed by atoms with van der Waals surface area (Å²) in [5.41, 5.74) is 0. The molecule has 7 heteroatoms. The van der Waals surface area contributed by atoms with Crippen LogP contribution in [0.15, 0.2) is 0 Å². The van der Waals surface area contributed by atoms with E-state index in [1.165, 1.54) is 4.90 Å². The van der Waals surface area contributed by atoms with E-state index in [0.717, 1.165) is 6.42 Å². The lowest BCUT2D eigenvalue weighted by Crippen LogP contribution is -2.52. The fourth-order valence-electron chi connectivity index (χ4n) is 2.15. The molecule has 1 aliphatic rings. The molecule has 0 radical (unpaired) electrons. The van der Waals surface area contributed by atoms with E-state index in [-0.39, 0.29) is 18.0 Å². The third kappa shape index (κ3) is 4.66. The second-order valence-electron chi connectivity index (χ2n) is 5.09. The van der Waals surface area contributed by atoms with Gasteiger partial charge < -0.3 is 15.7 Å². The lowest BCUT2D eigenvalue weighted by Gasteiger charge is -2.24. The zero-order valence-corrected chi connectivity index (χ0v) is 11.2. The molecule has 19 heavy (non-hydrogen) atoms. The fraction of sp³-hybridized carbons (Fsp3) is 0.750. The van der Waals surface area contributed by atoms with Crippen LogP contribution in [0.5, 0.6) is 0 Å². The van der Waals surface area contributed by atoms with Crippen LogP contribution in [0.3, 0.4) is 0 Å². The maximum absolute atomic E-state index is 12.1. The van der Waals surface area contributed by atoms with E-state index in [1.807, 2.05) is 20.0 Å². The minimum atomic E-state index is -1.22. The summed E-state index contributed by atoms with van der Waals surface area (Å²) < 4.78 is 0. The Morgan fingerprint density at radius 1 is 1.53 bits per heavy atom. The maximum Gasteiger partial charge on any atom is 0.405 e. The van der Waals surface area contributed by atoms with E-state index < -0.39 is 12.1 Å². The number of hydrogen-bond donors (Lipinski definition) is 3. The normalized spacial score (nSPS) is 19.9. The number of rotatable bonds is 5. The maximum atomic E-state index is 12.1. The zero-order chi connectivity index (χ0) is 14.4. The first-order valence-electron chi connectivity index (χ1n) is 6.40. The van der Waals surface area contributed by atoms with E-state index in [9.17, 15) is 9.59 Å². The monoisotopic (exact) mass is 268 g/mol. The lowest BCUT2D eigenvalue weighted by molar-refractivity contribution is -0.124. The number of nitrogens with one attached hydrogen (secondary N) is 2. The first kappa shape index (κ1) is 15.1. The summed E-state index contributed by atoms with van der Waals surface area (Å²) in [5.74, 6) is -0.179. The fourth-order valence-corrected chi connectivity index (χ4v) is 2.15. The van der Waals surface area contributed by atoms with Gasteiger partial charge >= 0.3 is 6.09 Å². The van der Waals surface area contributed by atoms with Gasteiger partial charge in [0.15, 0.2) is 6.19 Å². The summed E-state index contributed by atoms with van der Waals surface area (Å²) in [6, 6.07) is -0.779. The molecule has 2 atom stereocenters. The van der Waals surface area contributed by atoms with Crippen LogP contribution in [0.4, 0.5) is 4.79 Å². The molecule has 2 amide bonds. The molecule has 3 N–H and O–H groups in total. The molecule has 0 aliphatic carbocycles. The van der Waals surface area contributed by atoms with Gasteiger partial charge in [-0.3, -0.25) is 9.69 Å². The first-order chi connectivity index (χ1) is 8.93. The standard InChI is InChI=1S/C12H20N4O3/c1-8(2)6-9(14-12(18)19)11(17)15-10-4-3-5-16(10)7-13/h8-10,14H,3-6H2,1-2H3,(H,15,17)(H,18,19)/t9-,10?/m1/s1. The highest BCUT2D eigenvalue weighted by Crippen LogP contribution is 2.14. The quantitative estimate of drug-likeness (QED) is 0.636. The van der Waals surface area contributed by atoms with Gasteiger partial charge in [0.2, 0.25) is 5.91 Å². The molecule has 106 valence electrons. The van der Waals surface area contributed by atoms with Gasteiger partial charge in [0.25, 0.3) is 0 Å². The second kappa shape index (κ2) is 6.83. The first-order valence-corrected chi connectivity index (χ1v) is 6.40. The molecule has 0 saturated carbocycles. The summed E-state index contributed by atoms with van der Waals surface area (Å²) in [6.07, 6.45) is 2.47. The van der Waals surface area contributed by atoms with Crippen LogP contribution in [0.25, 0.3) is 0 Å². The van der Waals surface area contributed by atoms with Gasteiger partial charge in [-0.1, -0.05) is 13.8 Å². The third-order valence-corrected chi connectivity index (χ3v) is 3.01. The summed E-state index contributed by atoms with van der Waals surface area (Å²) >= 11 is 0. The van der Waals surface area contributed by atoms with Gasteiger partial charge in [0, 0.05) is 6.54 Å². The molecule has 0 aromatic carbocycles. The van der Waals surface area contributed by atoms with Crippen molar-refractivity contribution in [2.75, 3.05) is 6.54 Å². The topological polar surface area (TPSA) is 105 Å². The highest BCUT2D eigenvalue weighted by atomic mass is 16.4. The molecule has 1 rings (SSSR count). The number of carbonyl (C=O) groups is 2. The van der Waals surface area contributed by atoms with Crippen molar-refractivity contribution < 1.29 is 14.7 Å². The highest BCUT2D eigenvalue weighted by molar-refractivity contribution is 5.85. The second-order valence-corrected chi connectivity index (χ2v) is 5.09. The van der Waals surface area contributed by atoms with E-state index in [2.05, 4.69) is 10.6 Å². The SMILES string of the molecule is CC(C)C[C@@H](NC(=O)O)C(=O)NC1CCCN1C#N. The van der Waals surface area contributed by atoms with Crippen molar-refractivity contribution in [1.29, 1.82) is 5.26 Å². The average Bonchev–Trinajstić information content (AvgIpc) is 2.74. The van der Waals surface area contributed by atoms with E-state index in [4.69, 9.17) is 10.4 Å². The van der Waals surface area contributed by atoms with Gasteiger partial charge in [0.1, 0.15) is 12.2 Å². The van der Waals surface area contributed by atoms with Crippen LogP contribution in [0.1, 0.15) is 33.1 Å². The Labute approximate surface area is 112 Å². The summed E-state index contributed by atoms with van der Waals surface area (Å²) in [4.78, 5) is 24.3. The van der Waals surface area contributed by atoms with Crippen LogP contribution in [0, 0.1) is 17.4 Å². The van der Waals surface area contributed by atoms with Crippen LogP contribution in [-0.4, -0.2) is 40.8 Å². The Morgan fingerprint density at radius 2 is 2.21 bits per heavy atom. The van der Waals surface area contributed by atoms with E-state index in [0.29, 0.717) is 19.4 Å². The molecule has 1 heterocycles. The zero-order valence-electron chi connectivity index (χ0n) is 11.2. The van der Waals surface area contributed by atoms with Crippen molar-refractivity contribution in [1.82, 2.24) is 15.5 Å². The Hall–Kier alpha value is -1.97. The highest BCUT2D eigenvalue weighted by Gasteiger charge is 2.29. The smallest absolute Gasteiger partial charge is 0.405 e. The molecule has 0 bridgehead atoms. The van der Waals surface area contributed by atoms with Gasteiger partial charge in [-0.2, -0.15) is 5.26 Å². The Balaban J connectivity index is 2.60. The Kier molecular flexibility index (Phi) is 5.42. The van der Waals surface area contributed by atoms with Crippen LogP contribution in [-0.2, 0) is 4.79 Å². The number of carbonyl (C=O) groups excluding carboxylic acids is 1. The van der Waals surface area contributed by atoms with Crippen LogP contribution >= 0.6 is 0 Å². The van der Waals surface area contributed by atoms with Gasteiger partial charge in [-0.15, -0.1) is 0 Å². The number of nitriles is 1. The minimum absolute atomic E-state index is 0.193. The van der Waals surface area contributed by atoms with Gasteiger partial charge in [-0.25, -0.2) is 4.79 Å². The number of amides is 2. The predicted octanol–water partition coefficient (Wildman–Crippen LogP) is 0.688. The minimum Gasteiger partial charge on any atom is -0.465 e. The van der Waals surface area contributed by atoms with Crippen molar-refractivity contribution in [2.45, 2.75) is 45.3 Å². The predicted molar refractivity (Wildman–Crippen MR) is 67.9 cm³/mol. The molecule has 1 aliphatic heterocycles. The molecule has 0 aromatic heterocycles. The summed E-state index contributed by atoms with van der Waals surface area (Å²) in [5, 5.41) is 22.6. The van der Waals surface area contributed by atoms with Gasteiger partial charge in [-0.05, 0) is 25.2 Å². The largest absolute Gasteiger partial charge is 0.465 e. The van der Waals surface area contributed by atoms with Crippen LogP contribution < -0.4 is 10.6 Å². The van der Waals surface area contributed by atoms with Crippen molar-refractivity contribution >= 4 is 12.0 Å². The third-order valence-electron chi connectivity index (χ3n) is 3.01. The number of nitrogens with zero attached hydrogens (tertiary/aromatic N) is 2. The molecule has 1 unspecified atom stereocenters. The lowest BCUT2D eigenvalue weighted by atomic mass is 10.0. The van der Waals surface area contributed by atoms with Gasteiger partial charge in [0.05, 0.1) is 0 Å². The number of carboxylic acid groups (broad SMARTS) is 1. The van der Waals surface area contributed by atoms with Crippen molar-refractivity contribution in [3.63, 3.8) is 0 Å². The molecule has 1 fully saturated rings. The average molecular weight is 268 g/mol. The molecular weight excluding hydrogens is 248 g/mol. The molecule has 1 saturated heterocycles. The number of likely N-dealkylation sites (tertiary alicyclic amines) is 1. The Bertz CT molecular complexity index is 378. The Morgan fingerprint density at radius 3 is 2.74 bits per heavy atom. The van der Waals surface area contributed by atoms with Crippen LogP contribution in [0.2, 0.25) is 0 Å². The molecular formula is C12H20N4O3. The summed E-state index contributed by atoms with van der Waals surface area (Å²) in [6.45, 7) is 4.46. The van der Waals surface area contributed by atoms with Crippen molar-refractivity contribution in [3.8, 4) is 6.19 Å². The van der Waals surface area contributed by atoms with Crippen molar-refractivity contribution in [2.24, 2.45) is 5.92 Å². The van der Waals surface area contributed by atoms with E-state index in [1.54, 1.807) is 0 Å². The molecule has 0 spiro atoms. The summed E-state index contributed by atoms with van der Waals surface area (Å²) in [7, 11) is 0.